The first kappa shape index (κ1) is 13.8. The zero-order valence-corrected chi connectivity index (χ0v) is 11.0. The highest BCUT2D eigenvalue weighted by Crippen LogP contribution is 2.24. The molecule has 1 unspecified atom stereocenters. The second-order valence-corrected chi connectivity index (χ2v) is 4.82. The maximum atomic E-state index is 10.6. The average molecular weight is 257 g/mol. The third-order valence-corrected chi connectivity index (χ3v) is 2.84. The molecule has 0 bridgehead atoms. The summed E-state index contributed by atoms with van der Waals surface area (Å²) in [5, 5.41) is 7.64. The van der Waals surface area contributed by atoms with Gasteiger partial charge in [0.05, 0.1) is 0 Å². The van der Waals surface area contributed by atoms with Crippen LogP contribution >= 0.6 is 11.6 Å². The molecule has 0 aliphatic carbocycles. The van der Waals surface area contributed by atoms with Crippen molar-refractivity contribution in [2.24, 2.45) is 0 Å². The summed E-state index contributed by atoms with van der Waals surface area (Å²) in [6, 6.07) is 5.95. The van der Waals surface area contributed by atoms with Gasteiger partial charge in [-0.2, -0.15) is 0 Å². The lowest BCUT2D eigenvalue weighted by Crippen LogP contribution is -2.21. The van der Waals surface area contributed by atoms with E-state index in [4.69, 9.17) is 21.4 Å². The smallest absolute Gasteiger partial charge is 0.325 e. The van der Waals surface area contributed by atoms with E-state index in [2.05, 4.69) is 13.8 Å². The van der Waals surface area contributed by atoms with E-state index in [9.17, 15) is 4.79 Å². The second kappa shape index (κ2) is 5.92. The minimum absolute atomic E-state index is 0.0285. The van der Waals surface area contributed by atoms with Crippen molar-refractivity contribution in [2.45, 2.75) is 32.1 Å². The van der Waals surface area contributed by atoms with Gasteiger partial charge in [0.2, 0.25) is 0 Å². The molecular formula is C13H17ClO3. The topological polar surface area (TPSA) is 46.5 Å². The molecular weight excluding hydrogens is 240 g/mol. The molecule has 0 radical (unpaired) electrons. The summed E-state index contributed by atoms with van der Waals surface area (Å²) in [5.41, 5.74) is 2.13. The van der Waals surface area contributed by atoms with Crippen LogP contribution in [0.3, 0.4) is 0 Å². The number of rotatable bonds is 5. The van der Waals surface area contributed by atoms with E-state index < -0.39 is 11.3 Å². The van der Waals surface area contributed by atoms with Crippen molar-refractivity contribution in [1.29, 1.82) is 0 Å². The molecule has 1 aromatic carbocycles. The first-order valence-electron chi connectivity index (χ1n) is 5.52. The maximum absolute atomic E-state index is 10.6. The molecule has 0 aromatic heterocycles. The molecule has 17 heavy (non-hydrogen) atoms. The Morgan fingerprint density at radius 1 is 1.47 bits per heavy atom. The summed E-state index contributed by atoms with van der Waals surface area (Å²) in [4.78, 5) is 10.6. The summed E-state index contributed by atoms with van der Waals surface area (Å²) < 4.78 is 5.44. The molecule has 1 atom stereocenters. The maximum Gasteiger partial charge on any atom is 0.325 e. The summed E-state index contributed by atoms with van der Waals surface area (Å²) in [7, 11) is 0. The summed E-state index contributed by atoms with van der Waals surface area (Å²) in [6.07, 6.45) is 0. The van der Waals surface area contributed by atoms with Gasteiger partial charge in [-0.1, -0.05) is 26.0 Å². The number of aryl methyl sites for hydroxylation is 1. The second-order valence-electron chi connectivity index (χ2n) is 4.30. The number of carboxylic acid groups (broad SMARTS) is 1. The van der Waals surface area contributed by atoms with Gasteiger partial charge in [0.25, 0.3) is 0 Å². The monoisotopic (exact) mass is 256 g/mol. The number of benzene rings is 1. The predicted octanol–water partition coefficient (Wildman–Crippen LogP) is 3.19. The predicted molar refractivity (Wildman–Crippen MR) is 68.0 cm³/mol. The number of carboxylic acids is 1. The molecule has 1 rings (SSSR count). The van der Waals surface area contributed by atoms with Crippen LogP contribution in [-0.4, -0.2) is 23.1 Å². The molecule has 0 spiro atoms. The van der Waals surface area contributed by atoms with Crippen molar-refractivity contribution in [3.8, 4) is 5.75 Å². The molecule has 0 aliphatic rings. The van der Waals surface area contributed by atoms with Gasteiger partial charge in [-0.15, -0.1) is 11.6 Å². The fraction of sp³-hybridized carbons (Fsp3) is 0.462. The zero-order valence-electron chi connectivity index (χ0n) is 10.2. The third kappa shape index (κ3) is 3.93. The fourth-order valence-electron chi connectivity index (χ4n) is 1.37. The highest BCUT2D eigenvalue weighted by Gasteiger charge is 2.15. The third-order valence-electron chi connectivity index (χ3n) is 2.53. The number of hydrogen-bond acceptors (Lipinski definition) is 2. The van der Waals surface area contributed by atoms with Crippen LogP contribution in [0.5, 0.6) is 5.75 Å². The molecule has 0 heterocycles. The number of halogens is 1. The van der Waals surface area contributed by atoms with Gasteiger partial charge in [0.15, 0.2) is 5.38 Å². The molecule has 94 valence electrons. The van der Waals surface area contributed by atoms with E-state index in [-0.39, 0.29) is 6.61 Å². The van der Waals surface area contributed by atoms with E-state index in [1.165, 1.54) is 0 Å². The minimum atomic E-state index is -1.07. The Morgan fingerprint density at radius 3 is 2.65 bits per heavy atom. The Hall–Kier alpha value is -1.22. The van der Waals surface area contributed by atoms with Gasteiger partial charge in [-0.25, -0.2) is 0 Å². The number of hydrogen-bond donors (Lipinski definition) is 1. The summed E-state index contributed by atoms with van der Waals surface area (Å²) in [5.74, 6) is 0.0386. The Labute approximate surface area is 106 Å². The molecule has 0 amide bonds. The molecule has 0 saturated heterocycles. The quantitative estimate of drug-likeness (QED) is 0.823. The van der Waals surface area contributed by atoms with Crippen LogP contribution in [-0.2, 0) is 4.79 Å². The van der Waals surface area contributed by atoms with Crippen molar-refractivity contribution in [3.63, 3.8) is 0 Å². The molecule has 1 aromatic rings. The van der Waals surface area contributed by atoms with Crippen molar-refractivity contribution >= 4 is 17.6 Å². The van der Waals surface area contributed by atoms with Crippen LogP contribution in [0, 0.1) is 6.92 Å². The molecule has 1 N–H and O–H groups in total. The largest absolute Gasteiger partial charge is 0.491 e. The molecule has 3 nitrogen and oxygen atoms in total. The van der Waals surface area contributed by atoms with Crippen LogP contribution in [0.25, 0.3) is 0 Å². The average Bonchev–Trinajstić information content (AvgIpc) is 2.26. The molecule has 0 saturated carbocycles. The fourth-order valence-corrected chi connectivity index (χ4v) is 1.43. The van der Waals surface area contributed by atoms with Crippen molar-refractivity contribution in [1.82, 2.24) is 0 Å². The van der Waals surface area contributed by atoms with E-state index >= 15 is 0 Å². The van der Waals surface area contributed by atoms with Gasteiger partial charge in [0.1, 0.15) is 12.4 Å². The van der Waals surface area contributed by atoms with Crippen molar-refractivity contribution in [3.05, 3.63) is 29.3 Å². The highest BCUT2D eigenvalue weighted by atomic mass is 35.5. The van der Waals surface area contributed by atoms with Crippen molar-refractivity contribution in [2.75, 3.05) is 6.61 Å². The SMILES string of the molecule is Cc1ccc(C(C)C)cc1OCC(Cl)C(=O)O. The lowest BCUT2D eigenvalue weighted by molar-refractivity contribution is -0.137. The molecule has 4 heteroatoms. The lowest BCUT2D eigenvalue weighted by Gasteiger charge is -2.13. The molecule has 0 aliphatic heterocycles. The Balaban J connectivity index is 2.76. The van der Waals surface area contributed by atoms with E-state index in [1.54, 1.807) is 0 Å². The highest BCUT2D eigenvalue weighted by molar-refractivity contribution is 6.29. The van der Waals surface area contributed by atoms with Crippen LogP contribution in [0.1, 0.15) is 30.9 Å². The summed E-state index contributed by atoms with van der Waals surface area (Å²) in [6.45, 7) is 6.08. The van der Waals surface area contributed by atoms with Crippen LogP contribution in [0.2, 0.25) is 0 Å². The van der Waals surface area contributed by atoms with Gasteiger partial charge >= 0.3 is 5.97 Å². The first-order valence-corrected chi connectivity index (χ1v) is 5.95. The van der Waals surface area contributed by atoms with Gasteiger partial charge in [-0.05, 0) is 30.0 Å². The number of alkyl halides is 1. The van der Waals surface area contributed by atoms with Gasteiger partial charge in [0, 0.05) is 0 Å². The van der Waals surface area contributed by atoms with E-state index in [1.807, 2.05) is 25.1 Å². The normalized spacial score (nSPS) is 12.5. The number of carbonyl (C=O) groups is 1. The Morgan fingerprint density at radius 2 is 2.12 bits per heavy atom. The Kier molecular flexibility index (Phi) is 4.82. The minimum Gasteiger partial charge on any atom is -0.491 e. The van der Waals surface area contributed by atoms with Gasteiger partial charge in [-0.3, -0.25) is 4.79 Å². The van der Waals surface area contributed by atoms with E-state index in [0.29, 0.717) is 11.7 Å². The lowest BCUT2D eigenvalue weighted by atomic mass is 10.0. The first-order chi connectivity index (χ1) is 7.91. The Bertz CT molecular complexity index is 402. The zero-order chi connectivity index (χ0) is 13.0. The summed E-state index contributed by atoms with van der Waals surface area (Å²) >= 11 is 5.60. The molecule has 0 fully saturated rings. The van der Waals surface area contributed by atoms with Crippen LogP contribution in [0.15, 0.2) is 18.2 Å². The van der Waals surface area contributed by atoms with Crippen molar-refractivity contribution < 1.29 is 14.6 Å². The van der Waals surface area contributed by atoms with Crippen LogP contribution in [0.4, 0.5) is 0 Å². The van der Waals surface area contributed by atoms with Crippen LogP contribution < -0.4 is 4.74 Å². The van der Waals surface area contributed by atoms with E-state index in [0.717, 1.165) is 11.1 Å². The number of ether oxygens (including phenoxy) is 1. The van der Waals surface area contributed by atoms with Gasteiger partial charge < -0.3 is 9.84 Å². The number of aliphatic carboxylic acids is 1. The standard InChI is InChI=1S/C13H17ClO3/c1-8(2)10-5-4-9(3)12(6-10)17-7-11(14)13(15)16/h4-6,8,11H,7H2,1-3H3,(H,15,16).